The molecule has 1 aromatic heterocycles. The van der Waals surface area contributed by atoms with Gasteiger partial charge < -0.3 is 9.36 Å². The van der Waals surface area contributed by atoms with E-state index >= 15 is 0 Å². The van der Waals surface area contributed by atoms with E-state index in [0.29, 0.717) is 0 Å². The van der Waals surface area contributed by atoms with Gasteiger partial charge in [0.2, 0.25) is 0 Å². The van der Waals surface area contributed by atoms with E-state index in [9.17, 15) is 4.79 Å². The highest BCUT2D eigenvalue weighted by molar-refractivity contribution is 5.84. The Labute approximate surface area is 131 Å². The second-order valence-electron chi connectivity index (χ2n) is 5.99. The van der Waals surface area contributed by atoms with Crippen LogP contribution in [0.25, 0.3) is 10.9 Å². The first-order chi connectivity index (χ1) is 10.7. The van der Waals surface area contributed by atoms with Crippen molar-refractivity contribution in [1.82, 2.24) is 4.57 Å². The summed E-state index contributed by atoms with van der Waals surface area (Å²) in [6.07, 6.45) is 4.06. The van der Waals surface area contributed by atoms with Gasteiger partial charge in [-0.05, 0) is 29.5 Å². The maximum Gasteiger partial charge on any atom is 0.124 e. The van der Waals surface area contributed by atoms with Crippen LogP contribution in [0.5, 0.6) is 0 Å². The third-order valence-electron chi connectivity index (χ3n) is 4.55. The Morgan fingerprint density at radius 1 is 1.05 bits per heavy atom. The van der Waals surface area contributed by atoms with E-state index in [-0.39, 0.29) is 11.8 Å². The van der Waals surface area contributed by atoms with Crippen LogP contribution in [0.1, 0.15) is 24.0 Å². The van der Waals surface area contributed by atoms with E-state index in [1.807, 2.05) is 18.2 Å². The van der Waals surface area contributed by atoms with Crippen LogP contribution in [-0.2, 0) is 18.3 Å². The molecule has 0 fully saturated rings. The van der Waals surface area contributed by atoms with Gasteiger partial charge in [0.1, 0.15) is 6.29 Å². The predicted octanol–water partition coefficient (Wildman–Crippen LogP) is 4.34. The highest BCUT2D eigenvalue weighted by atomic mass is 16.1. The summed E-state index contributed by atoms with van der Waals surface area (Å²) < 4.78 is 2.14. The number of hydrogen-bond acceptors (Lipinski definition) is 1. The molecule has 0 saturated carbocycles. The van der Waals surface area contributed by atoms with Crippen LogP contribution >= 0.6 is 0 Å². The van der Waals surface area contributed by atoms with Crippen molar-refractivity contribution in [2.45, 2.75) is 19.3 Å². The number of aromatic nitrogens is 1. The van der Waals surface area contributed by atoms with E-state index in [2.05, 4.69) is 61.1 Å². The van der Waals surface area contributed by atoms with Crippen LogP contribution in [0, 0.1) is 5.92 Å². The predicted molar refractivity (Wildman–Crippen MR) is 91.0 cm³/mol. The van der Waals surface area contributed by atoms with E-state index in [1.54, 1.807) is 0 Å². The molecule has 0 radical (unpaired) electrons. The average molecular weight is 291 g/mol. The zero-order chi connectivity index (χ0) is 15.5. The van der Waals surface area contributed by atoms with Crippen LogP contribution in [0.4, 0.5) is 0 Å². The number of rotatable bonds is 5. The molecule has 0 bridgehead atoms. The first kappa shape index (κ1) is 14.6. The summed E-state index contributed by atoms with van der Waals surface area (Å²) in [7, 11) is 2.06. The maximum absolute atomic E-state index is 11.7. The van der Waals surface area contributed by atoms with Gasteiger partial charge >= 0.3 is 0 Å². The molecule has 112 valence electrons. The van der Waals surface area contributed by atoms with Crippen molar-refractivity contribution in [3.63, 3.8) is 0 Å². The van der Waals surface area contributed by atoms with Gasteiger partial charge in [-0.25, -0.2) is 0 Å². The fraction of sp³-hybridized carbons (Fsp3) is 0.250. The molecular formula is C20H21NO. The smallest absolute Gasteiger partial charge is 0.124 e. The Bertz CT molecular complexity index is 773. The largest absolute Gasteiger partial charge is 0.350 e. The van der Waals surface area contributed by atoms with Crippen molar-refractivity contribution in [1.29, 1.82) is 0 Å². The standard InChI is InChI=1S/C20H21NO/c1-15(17(14-22)12-16-8-4-3-5-9-16)19-13-21(2)20-11-7-6-10-18(19)20/h3-11,13-15,17H,12H2,1-2H3. The molecule has 2 atom stereocenters. The fourth-order valence-corrected chi connectivity index (χ4v) is 3.20. The van der Waals surface area contributed by atoms with Crippen LogP contribution in [0.3, 0.4) is 0 Å². The van der Waals surface area contributed by atoms with Gasteiger partial charge in [0.05, 0.1) is 0 Å². The lowest BCUT2D eigenvalue weighted by Crippen LogP contribution is -2.14. The number of aldehydes is 1. The van der Waals surface area contributed by atoms with Crippen molar-refractivity contribution in [2.24, 2.45) is 13.0 Å². The number of nitrogens with zero attached hydrogens (tertiary/aromatic N) is 1. The Morgan fingerprint density at radius 3 is 2.45 bits per heavy atom. The first-order valence-electron chi connectivity index (χ1n) is 7.74. The minimum atomic E-state index is -0.00629. The molecule has 3 aromatic rings. The second kappa shape index (κ2) is 6.18. The highest BCUT2D eigenvalue weighted by Gasteiger charge is 2.22. The number of aryl methyl sites for hydroxylation is 1. The molecule has 2 aromatic carbocycles. The minimum Gasteiger partial charge on any atom is -0.350 e. The maximum atomic E-state index is 11.7. The molecular weight excluding hydrogens is 270 g/mol. The molecule has 0 aliphatic rings. The van der Waals surface area contributed by atoms with E-state index < -0.39 is 0 Å². The summed E-state index contributed by atoms with van der Waals surface area (Å²) in [5.41, 5.74) is 3.69. The molecule has 0 spiro atoms. The van der Waals surface area contributed by atoms with Crippen LogP contribution in [0.2, 0.25) is 0 Å². The summed E-state index contributed by atoms with van der Waals surface area (Å²) in [6.45, 7) is 2.16. The lowest BCUT2D eigenvalue weighted by Gasteiger charge is -2.18. The highest BCUT2D eigenvalue weighted by Crippen LogP contribution is 2.32. The molecule has 22 heavy (non-hydrogen) atoms. The van der Waals surface area contributed by atoms with Gasteiger partial charge in [0.15, 0.2) is 0 Å². The molecule has 1 heterocycles. The fourth-order valence-electron chi connectivity index (χ4n) is 3.20. The second-order valence-corrected chi connectivity index (χ2v) is 5.99. The number of para-hydroxylation sites is 1. The van der Waals surface area contributed by atoms with Crippen molar-refractivity contribution in [2.75, 3.05) is 0 Å². The molecule has 2 heteroatoms. The van der Waals surface area contributed by atoms with Crippen molar-refractivity contribution < 1.29 is 4.79 Å². The zero-order valence-electron chi connectivity index (χ0n) is 13.1. The van der Waals surface area contributed by atoms with Gasteiger partial charge in [-0.15, -0.1) is 0 Å². The molecule has 3 rings (SSSR count). The lowest BCUT2D eigenvalue weighted by molar-refractivity contribution is -0.111. The molecule has 0 aliphatic carbocycles. The van der Waals surface area contributed by atoms with Crippen molar-refractivity contribution in [3.05, 3.63) is 71.9 Å². The van der Waals surface area contributed by atoms with Gasteiger partial charge in [-0.3, -0.25) is 0 Å². The number of benzene rings is 2. The minimum absolute atomic E-state index is 0.00629. The summed E-state index contributed by atoms with van der Waals surface area (Å²) in [5, 5.41) is 1.25. The third-order valence-corrected chi connectivity index (χ3v) is 4.55. The molecule has 0 amide bonds. The number of carbonyl (C=O) groups is 1. The SMILES string of the molecule is CC(c1cn(C)c2ccccc12)C(C=O)Cc1ccccc1. The summed E-state index contributed by atoms with van der Waals surface area (Å²) >= 11 is 0. The summed E-state index contributed by atoms with van der Waals surface area (Å²) in [4.78, 5) is 11.7. The lowest BCUT2D eigenvalue weighted by atomic mass is 9.84. The molecule has 0 aliphatic heterocycles. The Balaban J connectivity index is 1.93. The zero-order valence-corrected chi connectivity index (χ0v) is 13.1. The Kier molecular flexibility index (Phi) is 4.10. The first-order valence-corrected chi connectivity index (χ1v) is 7.74. The normalized spacial score (nSPS) is 13.9. The van der Waals surface area contributed by atoms with Gasteiger partial charge in [-0.2, -0.15) is 0 Å². The quantitative estimate of drug-likeness (QED) is 0.641. The van der Waals surface area contributed by atoms with Gasteiger partial charge in [0.25, 0.3) is 0 Å². The summed E-state index contributed by atoms with van der Waals surface area (Å²) in [6, 6.07) is 18.6. The molecule has 2 nitrogen and oxygen atoms in total. The van der Waals surface area contributed by atoms with Crippen molar-refractivity contribution >= 4 is 17.2 Å². The number of carbonyl (C=O) groups excluding carboxylic acids is 1. The van der Waals surface area contributed by atoms with Crippen molar-refractivity contribution in [3.8, 4) is 0 Å². The van der Waals surface area contributed by atoms with E-state index in [1.165, 1.54) is 22.0 Å². The Morgan fingerprint density at radius 2 is 1.73 bits per heavy atom. The van der Waals surface area contributed by atoms with E-state index in [4.69, 9.17) is 0 Å². The molecule has 0 N–H and O–H groups in total. The topological polar surface area (TPSA) is 22.0 Å². The number of fused-ring (bicyclic) bond motifs is 1. The molecule has 0 saturated heterocycles. The monoisotopic (exact) mass is 291 g/mol. The van der Waals surface area contributed by atoms with Crippen LogP contribution in [-0.4, -0.2) is 10.9 Å². The third kappa shape index (κ3) is 2.69. The Hall–Kier alpha value is -2.35. The molecule has 2 unspecified atom stereocenters. The van der Waals surface area contributed by atoms with E-state index in [0.717, 1.165) is 12.7 Å². The van der Waals surface area contributed by atoms with Crippen LogP contribution in [0.15, 0.2) is 60.8 Å². The summed E-state index contributed by atoms with van der Waals surface area (Å²) in [5.74, 6) is 0.192. The van der Waals surface area contributed by atoms with Gasteiger partial charge in [0, 0.05) is 30.1 Å². The number of hydrogen-bond donors (Lipinski definition) is 0. The van der Waals surface area contributed by atoms with Gasteiger partial charge in [-0.1, -0.05) is 55.5 Å². The van der Waals surface area contributed by atoms with Crippen LogP contribution < -0.4 is 0 Å². The average Bonchev–Trinajstić information content (AvgIpc) is 2.90.